The molecule has 3 heteroatoms. The van der Waals surface area contributed by atoms with Crippen molar-refractivity contribution in [3.05, 3.63) is 35.9 Å². The van der Waals surface area contributed by atoms with E-state index < -0.39 is 5.54 Å². The van der Waals surface area contributed by atoms with Crippen molar-refractivity contribution in [3.8, 4) is 0 Å². The van der Waals surface area contributed by atoms with Crippen LogP contribution in [-0.2, 0) is 16.0 Å². The van der Waals surface area contributed by atoms with Crippen molar-refractivity contribution in [2.45, 2.75) is 58.9 Å². The van der Waals surface area contributed by atoms with Gasteiger partial charge in [-0.3, -0.25) is 4.79 Å². The number of unbranched alkanes of at least 4 members (excludes halogenated alkanes) is 1. The van der Waals surface area contributed by atoms with E-state index in [1.807, 2.05) is 25.1 Å². The number of nitrogens with one attached hydrogen (secondary N) is 1. The third kappa shape index (κ3) is 5.13. The zero-order valence-corrected chi connectivity index (χ0v) is 14.5. The second-order valence-corrected chi connectivity index (χ2v) is 6.11. The molecule has 0 fully saturated rings. The Morgan fingerprint density at radius 2 is 1.91 bits per heavy atom. The molecule has 0 aliphatic carbocycles. The molecular weight excluding hydrogens is 274 g/mol. The van der Waals surface area contributed by atoms with Crippen molar-refractivity contribution >= 4 is 5.97 Å². The molecule has 0 aliphatic rings. The van der Waals surface area contributed by atoms with Gasteiger partial charge in [-0.05, 0) is 44.2 Å². The highest BCUT2D eigenvalue weighted by atomic mass is 16.5. The first-order chi connectivity index (χ1) is 10.6. The van der Waals surface area contributed by atoms with Crippen molar-refractivity contribution in [2.24, 2.45) is 5.92 Å². The van der Waals surface area contributed by atoms with Crippen LogP contribution in [0.2, 0.25) is 0 Å². The highest BCUT2D eigenvalue weighted by molar-refractivity contribution is 5.81. The van der Waals surface area contributed by atoms with Gasteiger partial charge in [-0.1, -0.05) is 57.5 Å². The number of carbonyl (C=O) groups excluding carboxylic acids is 1. The number of aryl methyl sites for hydroxylation is 1. The van der Waals surface area contributed by atoms with Gasteiger partial charge in [0.25, 0.3) is 0 Å². The molecule has 1 atom stereocenters. The summed E-state index contributed by atoms with van der Waals surface area (Å²) >= 11 is 0. The quantitative estimate of drug-likeness (QED) is 0.525. The van der Waals surface area contributed by atoms with Gasteiger partial charge in [-0.15, -0.1) is 0 Å². The summed E-state index contributed by atoms with van der Waals surface area (Å²) in [7, 11) is 0. The lowest BCUT2D eigenvalue weighted by atomic mass is 9.81. The van der Waals surface area contributed by atoms with Crippen molar-refractivity contribution < 1.29 is 9.53 Å². The molecule has 0 radical (unpaired) electrons. The van der Waals surface area contributed by atoms with Crippen molar-refractivity contribution in [3.63, 3.8) is 0 Å². The molecule has 0 aromatic heterocycles. The highest BCUT2D eigenvalue weighted by Crippen LogP contribution is 2.26. The minimum atomic E-state index is -0.596. The summed E-state index contributed by atoms with van der Waals surface area (Å²) < 4.78 is 5.39. The maximum Gasteiger partial charge on any atom is 0.326 e. The zero-order valence-electron chi connectivity index (χ0n) is 14.5. The lowest BCUT2D eigenvalue weighted by molar-refractivity contribution is -0.154. The SMILES string of the molecule is CCCCNC(CCc1ccccc1)(C(=O)OCC)C(C)C. The molecule has 0 aliphatic heterocycles. The third-order valence-corrected chi connectivity index (χ3v) is 4.25. The largest absolute Gasteiger partial charge is 0.465 e. The molecule has 22 heavy (non-hydrogen) atoms. The maximum absolute atomic E-state index is 12.6. The van der Waals surface area contributed by atoms with E-state index in [0.29, 0.717) is 6.61 Å². The molecule has 1 N–H and O–H groups in total. The van der Waals surface area contributed by atoms with Gasteiger partial charge in [0.15, 0.2) is 0 Å². The first kappa shape index (κ1) is 18.7. The van der Waals surface area contributed by atoms with Gasteiger partial charge in [-0.2, -0.15) is 0 Å². The number of benzene rings is 1. The van der Waals surface area contributed by atoms with E-state index in [1.54, 1.807) is 0 Å². The van der Waals surface area contributed by atoms with E-state index in [0.717, 1.165) is 32.2 Å². The van der Waals surface area contributed by atoms with Gasteiger partial charge >= 0.3 is 5.97 Å². The molecule has 0 saturated heterocycles. The highest BCUT2D eigenvalue weighted by Gasteiger charge is 2.41. The predicted octanol–water partition coefficient (Wildman–Crippen LogP) is 3.97. The molecule has 0 saturated carbocycles. The summed E-state index contributed by atoms with van der Waals surface area (Å²) in [4.78, 5) is 12.6. The van der Waals surface area contributed by atoms with E-state index in [-0.39, 0.29) is 11.9 Å². The van der Waals surface area contributed by atoms with E-state index in [1.165, 1.54) is 5.56 Å². The van der Waals surface area contributed by atoms with E-state index in [9.17, 15) is 4.79 Å². The van der Waals surface area contributed by atoms with Crippen LogP contribution in [0.3, 0.4) is 0 Å². The van der Waals surface area contributed by atoms with E-state index >= 15 is 0 Å². The lowest BCUT2D eigenvalue weighted by Crippen LogP contribution is -2.57. The van der Waals surface area contributed by atoms with Crippen LogP contribution in [0.5, 0.6) is 0 Å². The van der Waals surface area contributed by atoms with Crippen molar-refractivity contribution in [1.29, 1.82) is 0 Å². The fourth-order valence-corrected chi connectivity index (χ4v) is 2.73. The van der Waals surface area contributed by atoms with Crippen molar-refractivity contribution in [2.75, 3.05) is 13.2 Å². The summed E-state index contributed by atoms with van der Waals surface area (Å²) in [5.74, 6) is 0.0733. The van der Waals surface area contributed by atoms with Crippen LogP contribution in [0.1, 0.15) is 52.5 Å². The van der Waals surface area contributed by atoms with Gasteiger partial charge in [-0.25, -0.2) is 0 Å². The van der Waals surface area contributed by atoms with Crippen LogP contribution in [0.15, 0.2) is 30.3 Å². The second-order valence-electron chi connectivity index (χ2n) is 6.11. The fourth-order valence-electron chi connectivity index (χ4n) is 2.73. The average molecular weight is 305 g/mol. The first-order valence-electron chi connectivity index (χ1n) is 8.53. The molecule has 1 aromatic rings. The van der Waals surface area contributed by atoms with Gasteiger partial charge in [0, 0.05) is 0 Å². The smallest absolute Gasteiger partial charge is 0.326 e. The molecule has 0 bridgehead atoms. The Morgan fingerprint density at radius 3 is 2.45 bits per heavy atom. The Balaban J connectivity index is 2.88. The van der Waals surface area contributed by atoms with Crippen LogP contribution in [0.25, 0.3) is 0 Å². The van der Waals surface area contributed by atoms with Crippen LogP contribution >= 0.6 is 0 Å². The fraction of sp³-hybridized carbons (Fsp3) is 0.632. The van der Waals surface area contributed by atoms with E-state index in [4.69, 9.17) is 4.74 Å². The Morgan fingerprint density at radius 1 is 1.23 bits per heavy atom. The minimum Gasteiger partial charge on any atom is -0.465 e. The minimum absolute atomic E-state index is 0.114. The van der Waals surface area contributed by atoms with Crippen LogP contribution in [0, 0.1) is 5.92 Å². The molecule has 124 valence electrons. The summed E-state index contributed by atoms with van der Waals surface area (Å²) in [6, 6.07) is 10.3. The lowest BCUT2D eigenvalue weighted by Gasteiger charge is -2.36. The molecule has 0 spiro atoms. The van der Waals surface area contributed by atoms with Gasteiger partial charge in [0.05, 0.1) is 6.61 Å². The topological polar surface area (TPSA) is 38.3 Å². The molecular formula is C19H31NO2. The summed E-state index contributed by atoms with van der Waals surface area (Å²) in [5, 5.41) is 3.51. The summed E-state index contributed by atoms with van der Waals surface area (Å²) in [5.41, 5.74) is 0.662. The number of carbonyl (C=O) groups is 1. The molecule has 1 unspecified atom stereocenters. The average Bonchev–Trinajstić information content (AvgIpc) is 2.51. The molecule has 3 nitrogen and oxygen atoms in total. The third-order valence-electron chi connectivity index (χ3n) is 4.25. The summed E-state index contributed by atoms with van der Waals surface area (Å²) in [6.07, 6.45) is 3.82. The Labute approximate surface area is 135 Å². The van der Waals surface area contributed by atoms with Gasteiger partial charge in [0.1, 0.15) is 5.54 Å². The summed E-state index contributed by atoms with van der Waals surface area (Å²) in [6.45, 7) is 9.50. The van der Waals surface area contributed by atoms with Crippen LogP contribution in [-0.4, -0.2) is 24.7 Å². The number of ether oxygens (including phenoxy) is 1. The second kappa shape index (κ2) is 9.62. The first-order valence-corrected chi connectivity index (χ1v) is 8.53. The van der Waals surface area contributed by atoms with Crippen molar-refractivity contribution in [1.82, 2.24) is 5.32 Å². The van der Waals surface area contributed by atoms with Gasteiger partial charge in [0.2, 0.25) is 0 Å². The Bertz CT molecular complexity index is 430. The molecule has 1 rings (SSSR count). The van der Waals surface area contributed by atoms with E-state index in [2.05, 4.69) is 38.2 Å². The number of esters is 1. The molecule has 0 heterocycles. The molecule has 1 aromatic carbocycles. The monoisotopic (exact) mass is 305 g/mol. The normalized spacial score (nSPS) is 13.9. The standard InChI is InChI=1S/C19H31NO2/c1-5-7-15-20-19(16(3)4,18(21)22-6-2)14-13-17-11-9-8-10-12-17/h8-12,16,20H,5-7,13-15H2,1-4H3. The number of hydrogen-bond donors (Lipinski definition) is 1. The Kier molecular flexibility index (Phi) is 8.18. The van der Waals surface area contributed by atoms with Crippen LogP contribution < -0.4 is 5.32 Å². The number of rotatable bonds is 10. The van der Waals surface area contributed by atoms with Crippen LogP contribution in [0.4, 0.5) is 0 Å². The maximum atomic E-state index is 12.6. The zero-order chi connectivity index (χ0) is 16.4. The van der Waals surface area contributed by atoms with Gasteiger partial charge < -0.3 is 10.1 Å². The predicted molar refractivity (Wildman–Crippen MR) is 91.9 cm³/mol. The molecule has 0 amide bonds. The number of hydrogen-bond acceptors (Lipinski definition) is 3. The Hall–Kier alpha value is -1.35.